The molecule has 0 bridgehead atoms. The van der Waals surface area contributed by atoms with Gasteiger partial charge in [0, 0.05) is 22.8 Å². The minimum Gasteiger partial charge on any atom is -0.439 e. The maximum Gasteiger partial charge on any atom is 0.421 e. The van der Waals surface area contributed by atoms with Crippen LogP contribution >= 0.6 is 11.3 Å². The fourth-order valence-electron chi connectivity index (χ4n) is 2.62. The molecule has 0 amide bonds. The van der Waals surface area contributed by atoms with Crippen molar-refractivity contribution in [3.8, 4) is 16.3 Å². The molecule has 2 rings (SSSR count). The third kappa shape index (κ3) is 4.92. The maximum atomic E-state index is 13.3. The molecule has 0 aliphatic heterocycles. The summed E-state index contributed by atoms with van der Waals surface area (Å²) in [5, 5.41) is 2.62. The Kier molecular flexibility index (Phi) is 6.85. The Balaban J connectivity index is 2.60. The van der Waals surface area contributed by atoms with E-state index in [4.69, 9.17) is 16.2 Å². The van der Waals surface area contributed by atoms with Gasteiger partial charge >= 0.3 is 6.18 Å². The summed E-state index contributed by atoms with van der Waals surface area (Å²) in [7, 11) is 0. The molecule has 1 aromatic heterocycles. The van der Waals surface area contributed by atoms with Crippen LogP contribution in [0.2, 0.25) is 0 Å². The van der Waals surface area contributed by atoms with Gasteiger partial charge in [0.2, 0.25) is 5.88 Å². The Morgan fingerprint density at radius 2 is 2.07 bits per heavy atom. The molecule has 0 aliphatic carbocycles. The van der Waals surface area contributed by atoms with E-state index in [-0.39, 0.29) is 11.4 Å². The van der Waals surface area contributed by atoms with Gasteiger partial charge in [-0.05, 0) is 43.8 Å². The molecule has 0 saturated heterocycles. The highest BCUT2D eigenvalue weighted by Gasteiger charge is 2.36. The van der Waals surface area contributed by atoms with Gasteiger partial charge in [-0.25, -0.2) is 4.98 Å². The first-order valence-corrected chi connectivity index (χ1v) is 9.28. The van der Waals surface area contributed by atoms with Gasteiger partial charge in [-0.15, -0.1) is 11.3 Å². The van der Waals surface area contributed by atoms with Crippen LogP contribution in [0, 0.1) is 0 Å². The van der Waals surface area contributed by atoms with Crippen LogP contribution in [-0.2, 0) is 6.42 Å². The second-order valence-electron chi connectivity index (χ2n) is 5.95. The Bertz CT molecular complexity index is 899. The lowest BCUT2D eigenvalue weighted by Gasteiger charge is -2.17. The minimum absolute atomic E-state index is 0.0493. The standard InChI is InChI=1S/C19H21F3N4OS/c1-4-5-12-13(18-26-8-9-28-18)6-7-15(16(12)25-3)27-17(24)14(10-11(2)23)19(20,21)22/h6-10H,3-5,23-24H2,1-2H3/b11-10-,17-14-. The lowest BCUT2D eigenvalue weighted by atomic mass is 10.0. The van der Waals surface area contributed by atoms with E-state index in [9.17, 15) is 13.2 Å². The number of aliphatic imine (C=N–C) groups is 1. The van der Waals surface area contributed by atoms with Gasteiger partial charge in [0.05, 0.1) is 0 Å². The van der Waals surface area contributed by atoms with Gasteiger partial charge in [-0.3, -0.25) is 4.99 Å². The molecule has 28 heavy (non-hydrogen) atoms. The first kappa shape index (κ1) is 21.5. The minimum atomic E-state index is -4.72. The van der Waals surface area contributed by atoms with Crippen LogP contribution in [-0.4, -0.2) is 17.9 Å². The van der Waals surface area contributed by atoms with Gasteiger partial charge in [0.25, 0.3) is 0 Å². The van der Waals surface area contributed by atoms with Crippen LogP contribution in [0.4, 0.5) is 18.9 Å². The molecule has 0 atom stereocenters. The first-order valence-electron chi connectivity index (χ1n) is 8.40. The van der Waals surface area contributed by atoms with Gasteiger partial charge in [0.15, 0.2) is 5.75 Å². The highest BCUT2D eigenvalue weighted by Crippen LogP contribution is 2.41. The van der Waals surface area contributed by atoms with E-state index in [0.717, 1.165) is 28.6 Å². The molecule has 5 nitrogen and oxygen atoms in total. The van der Waals surface area contributed by atoms with Crippen molar-refractivity contribution < 1.29 is 17.9 Å². The second kappa shape index (κ2) is 8.92. The number of nitrogens with zero attached hydrogens (tertiary/aromatic N) is 2. The summed E-state index contributed by atoms with van der Waals surface area (Å²) in [5.41, 5.74) is 11.8. The predicted molar refractivity (Wildman–Crippen MR) is 107 cm³/mol. The fraction of sp³-hybridized carbons (Fsp3) is 0.263. The van der Waals surface area contributed by atoms with Crippen molar-refractivity contribution in [1.82, 2.24) is 4.98 Å². The molecule has 0 radical (unpaired) electrons. The molecule has 0 saturated carbocycles. The third-order valence-corrected chi connectivity index (χ3v) is 4.54. The summed E-state index contributed by atoms with van der Waals surface area (Å²) in [6, 6.07) is 3.25. The largest absolute Gasteiger partial charge is 0.439 e. The SMILES string of the molecule is C=Nc1c(O/C(N)=C(/C=C(/C)N)C(F)(F)F)ccc(-c2nccs2)c1CCC. The molecule has 0 spiro atoms. The van der Waals surface area contributed by atoms with Gasteiger partial charge < -0.3 is 16.2 Å². The highest BCUT2D eigenvalue weighted by molar-refractivity contribution is 7.13. The number of ether oxygens (including phenoxy) is 1. The van der Waals surface area contributed by atoms with E-state index in [0.29, 0.717) is 12.1 Å². The van der Waals surface area contributed by atoms with Crippen molar-refractivity contribution in [2.75, 3.05) is 0 Å². The number of thiazole rings is 1. The third-order valence-electron chi connectivity index (χ3n) is 3.73. The van der Waals surface area contributed by atoms with E-state index in [1.807, 2.05) is 12.3 Å². The van der Waals surface area contributed by atoms with Crippen LogP contribution in [0.1, 0.15) is 25.8 Å². The molecular formula is C19H21F3N4OS. The molecule has 0 aliphatic rings. The van der Waals surface area contributed by atoms with Crippen LogP contribution in [0.5, 0.6) is 5.75 Å². The molecule has 0 fully saturated rings. The Hall–Kier alpha value is -2.81. The molecule has 9 heteroatoms. The average Bonchev–Trinajstić information content (AvgIpc) is 3.13. The normalized spacial score (nSPS) is 13.2. The summed E-state index contributed by atoms with van der Waals surface area (Å²) >= 11 is 1.45. The summed E-state index contributed by atoms with van der Waals surface area (Å²) in [6.45, 7) is 6.86. The molecule has 4 N–H and O–H groups in total. The quantitative estimate of drug-likeness (QED) is 0.379. The van der Waals surface area contributed by atoms with E-state index < -0.39 is 17.6 Å². The number of allylic oxidation sites excluding steroid dienone is 3. The molecule has 1 heterocycles. The van der Waals surface area contributed by atoms with Crippen molar-refractivity contribution in [2.24, 2.45) is 16.5 Å². The zero-order chi connectivity index (χ0) is 20.9. The van der Waals surface area contributed by atoms with E-state index in [2.05, 4.69) is 16.7 Å². The predicted octanol–water partition coefficient (Wildman–Crippen LogP) is 5.07. The molecule has 1 aromatic carbocycles. The van der Waals surface area contributed by atoms with E-state index in [1.54, 1.807) is 12.3 Å². The smallest absolute Gasteiger partial charge is 0.421 e. The number of aromatic nitrogens is 1. The van der Waals surface area contributed by atoms with Crippen molar-refractivity contribution in [3.05, 3.63) is 52.5 Å². The van der Waals surface area contributed by atoms with Crippen LogP contribution < -0.4 is 16.2 Å². The summed E-state index contributed by atoms with van der Waals surface area (Å²) < 4.78 is 45.3. The Labute approximate surface area is 165 Å². The van der Waals surface area contributed by atoms with Crippen LogP contribution in [0.15, 0.2) is 51.9 Å². The van der Waals surface area contributed by atoms with Gasteiger partial charge in [-0.2, -0.15) is 13.2 Å². The fourth-order valence-corrected chi connectivity index (χ4v) is 3.31. The number of benzene rings is 1. The zero-order valence-electron chi connectivity index (χ0n) is 15.5. The maximum absolute atomic E-state index is 13.3. The zero-order valence-corrected chi connectivity index (χ0v) is 16.3. The van der Waals surface area contributed by atoms with Crippen molar-refractivity contribution in [2.45, 2.75) is 32.9 Å². The first-order chi connectivity index (χ1) is 13.2. The van der Waals surface area contributed by atoms with Crippen molar-refractivity contribution >= 4 is 23.7 Å². The number of alkyl halides is 3. The molecule has 150 valence electrons. The van der Waals surface area contributed by atoms with Crippen molar-refractivity contribution in [3.63, 3.8) is 0 Å². The number of nitrogens with two attached hydrogens (primary N) is 2. The van der Waals surface area contributed by atoms with Gasteiger partial charge in [0.1, 0.15) is 16.3 Å². The lowest BCUT2D eigenvalue weighted by Crippen LogP contribution is -2.21. The number of halogens is 3. The van der Waals surface area contributed by atoms with E-state index in [1.165, 1.54) is 24.3 Å². The van der Waals surface area contributed by atoms with Crippen LogP contribution in [0.3, 0.4) is 0 Å². The molecule has 2 aromatic rings. The summed E-state index contributed by atoms with van der Waals surface area (Å²) in [5.74, 6) is -0.729. The van der Waals surface area contributed by atoms with Crippen LogP contribution in [0.25, 0.3) is 10.6 Å². The molecule has 0 unspecified atom stereocenters. The summed E-state index contributed by atoms with van der Waals surface area (Å²) in [6.07, 6.45) is -0.900. The molecular weight excluding hydrogens is 389 g/mol. The highest BCUT2D eigenvalue weighted by atomic mass is 32.1. The average molecular weight is 410 g/mol. The van der Waals surface area contributed by atoms with Gasteiger partial charge in [-0.1, -0.05) is 13.3 Å². The van der Waals surface area contributed by atoms with Crippen molar-refractivity contribution in [1.29, 1.82) is 0 Å². The summed E-state index contributed by atoms with van der Waals surface area (Å²) in [4.78, 5) is 8.30. The number of hydrogen-bond donors (Lipinski definition) is 2. The lowest BCUT2D eigenvalue weighted by molar-refractivity contribution is -0.0907. The number of hydrogen-bond acceptors (Lipinski definition) is 6. The number of rotatable bonds is 7. The topological polar surface area (TPSA) is 86.5 Å². The Morgan fingerprint density at radius 3 is 2.57 bits per heavy atom. The van der Waals surface area contributed by atoms with E-state index >= 15 is 0 Å². The monoisotopic (exact) mass is 410 g/mol. The Morgan fingerprint density at radius 1 is 1.36 bits per heavy atom. The second-order valence-corrected chi connectivity index (χ2v) is 6.84.